The van der Waals surface area contributed by atoms with Crippen LogP contribution in [0.15, 0.2) is 35.5 Å². The maximum absolute atomic E-state index is 10.2. The van der Waals surface area contributed by atoms with Crippen molar-refractivity contribution in [1.29, 1.82) is 0 Å². The zero-order valence-electron chi connectivity index (χ0n) is 19.7. The summed E-state index contributed by atoms with van der Waals surface area (Å²) >= 11 is 0. The minimum atomic E-state index is -0.116. The van der Waals surface area contributed by atoms with Crippen LogP contribution < -0.4 is 0 Å². The first-order valence-electron chi connectivity index (χ1n) is 12.4. The predicted octanol–water partition coefficient (Wildman–Crippen LogP) is 7.33. The Morgan fingerprint density at radius 2 is 1.69 bits per heavy atom. The van der Waals surface area contributed by atoms with Crippen molar-refractivity contribution >= 4 is 0 Å². The van der Waals surface area contributed by atoms with E-state index < -0.39 is 0 Å². The Hall–Kier alpha value is -0.820. The first-order valence-corrected chi connectivity index (χ1v) is 12.4. The Kier molecular flexibility index (Phi) is 5.69. The number of aliphatic hydroxyl groups excluding tert-OH is 1. The predicted molar refractivity (Wildman–Crippen MR) is 123 cm³/mol. The molecule has 4 aliphatic rings. The molecular weight excluding hydrogens is 352 g/mol. The van der Waals surface area contributed by atoms with Crippen LogP contribution in [-0.2, 0) is 0 Å². The smallest absolute Gasteiger partial charge is 0.0578 e. The molecule has 1 heteroatoms. The van der Waals surface area contributed by atoms with Gasteiger partial charge in [-0.25, -0.2) is 0 Å². The van der Waals surface area contributed by atoms with Gasteiger partial charge in [0, 0.05) is 0 Å². The molecular formula is C28H44O. The van der Waals surface area contributed by atoms with Crippen molar-refractivity contribution in [1.82, 2.24) is 0 Å². The van der Waals surface area contributed by atoms with Gasteiger partial charge in [0.1, 0.15) is 0 Å². The topological polar surface area (TPSA) is 20.2 Å². The highest BCUT2D eigenvalue weighted by molar-refractivity contribution is 5.39. The van der Waals surface area contributed by atoms with Crippen molar-refractivity contribution in [2.75, 3.05) is 0 Å². The summed E-state index contributed by atoms with van der Waals surface area (Å²) < 4.78 is 0. The number of rotatable bonds is 4. The van der Waals surface area contributed by atoms with E-state index in [4.69, 9.17) is 0 Å². The zero-order valence-corrected chi connectivity index (χ0v) is 19.7. The number of hydrogen-bond donors (Lipinski definition) is 1. The molecule has 0 spiro atoms. The monoisotopic (exact) mass is 396 g/mol. The average molecular weight is 397 g/mol. The lowest BCUT2D eigenvalue weighted by Crippen LogP contribution is -2.46. The van der Waals surface area contributed by atoms with Crippen molar-refractivity contribution in [3.8, 4) is 0 Å². The summed E-state index contributed by atoms with van der Waals surface area (Å²) in [6, 6.07) is 0. The SMILES string of the molecule is CC(C)[C@@H](C)/C=C/[C@H](C)[C@H]1CC[C@@H]2C3=CC=C4C[C@@H](O)CC[C@]4(C)[C@H]3CC[C@@]21C. The Labute approximate surface area is 179 Å². The molecule has 0 saturated heterocycles. The van der Waals surface area contributed by atoms with Gasteiger partial charge in [0.05, 0.1) is 6.10 Å². The highest BCUT2D eigenvalue weighted by Crippen LogP contribution is 2.65. The molecule has 0 unspecified atom stereocenters. The Morgan fingerprint density at radius 1 is 0.931 bits per heavy atom. The first kappa shape index (κ1) is 21.4. The molecule has 0 aliphatic heterocycles. The molecule has 4 aliphatic carbocycles. The van der Waals surface area contributed by atoms with E-state index in [9.17, 15) is 5.11 Å². The van der Waals surface area contributed by atoms with Gasteiger partial charge in [-0.2, -0.15) is 0 Å². The fraction of sp³-hybridized carbons (Fsp3) is 0.786. The molecule has 1 N–H and O–H groups in total. The molecule has 3 fully saturated rings. The summed E-state index contributed by atoms with van der Waals surface area (Å²) in [7, 11) is 0. The molecule has 4 rings (SSSR count). The second-order valence-corrected chi connectivity index (χ2v) is 11.9. The number of fused-ring (bicyclic) bond motifs is 5. The van der Waals surface area contributed by atoms with Gasteiger partial charge < -0.3 is 5.11 Å². The zero-order chi connectivity index (χ0) is 21.0. The minimum Gasteiger partial charge on any atom is -0.393 e. The van der Waals surface area contributed by atoms with E-state index in [2.05, 4.69) is 65.8 Å². The molecule has 0 aromatic heterocycles. The maximum Gasteiger partial charge on any atom is 0.0578 e. The number of allylic oxidation sites excluding steroid dienone is 5. The fourth-order valence-electron chi connectivity index (χ4n) is 7.59. The highest BCUT2D eigenvalue weighted by Gasteiger charge is 2.56. The van der Waals surface area contributed by atoms with Crippen molar-refractivity contribution in [3.63, 3.8) is 0 Å². The average Bonchev–Trinajstić information content (AvgIpc) is 3.03. The third kappa shape index (κ3) is 3.50. The summed E-state index contributed by atoms with van der Waals surface area (Å²) in [6.07, 6.45) is 18.4. The van der Waals surface area contributed by atoms with E-state index in [1.54, 1.807) is 5.57 Å². The van der Waals surface area contributed by atoms with Crippen LogP contribution in [0.3, 0.4) is 0 Å². The van der Waals surface area contributed by atoms with Gasteiger partial charge in [0.15, 0.2) is 0 Å². The lowest BCUT2D eigenvalue weighted by molar-refractivity contribution is 0.0382. The third-order valence-electron chi connectivity index (χ3n) is 10.0. The first-order chi connectivity index (χ1) is 13.7. The number of hydrogen-bond acceptors (Lipinski definition) is 1. The maximum atomic E-state index is 10.2. The molecule has 0 amide bonds. The van der Waals surface area contributed by atoms with Gasteiger partial charge in [0.25, 0.3) is 0 Å². The van der Waals surface area contributed by atoms with Crippen LogP contribution >= 0.6 is 0 Å². The normalized spacial score (nSPS) is 44.0. The molecule has 0 radical (unpaired) electrons. The van der Waals surface area contributed by atoms with Crippen LogP contribution in [0.2, 0.25) is 0 Å². The lowest BCUT2D eigenvalue weighted by Gasteiger charge is -2.55. The van der Waals surface area contributed by atoms with Crippen molar-refractivity contribution in [3.05, 3.63) is 35.5 Å². The number of aliphatic hydroxyl groups is 1. The van der Waals surface area contributed by atoms with Gasteiger partial charge >= 0.3 is 0 Å². The van der Waals surface area contributed by atoms with Crippen LogP contribution in [0, 0.1) is 46.3 Å². The second kappa shape index (κ2) is 7.70. The molecule has 3 saturated carbocycles. The van der Waals surface area contributed by atoms with Crippen molar-refractivity contribution in [2.24, 2.45) is 46.3 Å². The molecule has 162 valence electrons. The second-order valence-electron chi connectivity index (χ2n) is 11.9. The lowest BCUT2D eigenvalue weighted by atomic mass is 9.50. The summed E-state index contributed by atoms with van der Waals surface area (Å²) in [6.45, 7) is 14.6. The molecule has 8 atom stereocenters. The van der Waals surface area contributed by atoms with Crippen molar-refractivity contribution < 1.29 is 5.11 Å². The summed E-state index contributed by atoms with van der Waals surface area (Å²) in [5.41, 5.74) is 4.07. The van der Waals surface area contributed by atoms with Crippen LogP contribution in [0.1, 0.15) is 86.5 Å². The van der Waals surface area contributed by atoms with Gasteiger partial charge in [-0.05, 0) is 91.3 Å². The highest BCUT2D eigenvalue weighted by atomic mass is 16.3. The van der Waals surface area contributed by atoms with E-state index in [0.717, 1.165) is 36.5 Å². The third-order valence-corrected chi connectivity index (χ3v) is 10.0. The summed E-state index contributed by atoms with van der Waals surface area (Å²) in [5, 5.41) is 10.2. The summed E-state index contributed by atoms with van der Waals surface area (Å²) in [5.74, 6) is 4.38. The molecule has 29 heavy (non-hydrogen) atoms. The van der Waals surface area contributed by atoms with Crippen LogP contribution in [-0.4, -0.2) is 11.2 Å². The Morgan fingerprint density at radius 3 is 2.41 bits per heavy atom. The summed E-state index contributed by atoms with van der Waals surface area (Å²) in [4.78, 5) is 0. The molecule has 0 aromatic rings. The van der Waals surface area contributed by atoms with Gasteiger partial charge in [-0.3, -0.25) is 0 Å². The largest absolute Gasteiger partial charge is 0.393 e. The minimum absolute atomic E-state index is 0.116. The molecule has 0 bridgehead atoms. The van der Waals surface area contributed by atoms with E-state index in [1.807, 2.05) is 0 Å². The Bertz CT molecular complexity index is 712. The molecule has 0 heterocycles. The fourth-order valence-corrected chi connectivity index (χ4v) is 7.59. The Balaban J connectivity index is 1.57. The quantitative estimate of drug-likeness (QED) is 0.493. The van der Waals surface area contributed by atoms with Crippen LogP contribution in [0.25, 0.3) is 0 Å². The molecule has 0 aromatic carbocycles. The van der Waals surface area contributed by atoms with Gasteiger partial charge in [-0.15, -0.1) is 0 Å². The van der Waals surface area contributed by atoms with Crippen molar-refractivity contribution in [2.45, 2.75) is 92.6 Å². The standard InChI is InChI=1S/C28H44O/c1-18(2)19(3)7-8-20(4)24-11-12-25-23-10-9-21-17-22(29)13-15-27(21,5)26(23)14-16-28(24,25)6/h7-10,18-20,22,24-26,29H,11-17H2,1-6H3/b8-7+/t19-,20-,22-,24+,25+,26-,27-,28+/m0/s1. The van der Waals surface area contributed by atoms with E-state index in [-0.39, 0.29) is 6.10 Å². The van der Waals surface area contributed by atoms with Gasteiger partial charge in [0.2, 0.25) is 0 Å². The van der Waals surface area contributed by atoms with E-state index in [1.165, 1.54) is 37.7 Å². The molecule has 1 nitrogen and oxygen atoms in total. The van der Waals surface area contributed by atoms with Gasteiger partial charge in [-0.1, -0.05) is 77.0 Å². The van der Waals surface area contributed by atoms with Crippen LogP contribution in [0.4, 0.5) is 0 Å². The van der Waals surface area contributed by atoms with E-state index >= 15 is 0 Å². The van der Waals surface area contributed by atoms with Crippen LogP contribution in [0.5, 0.6) is 0 Å². The van der Waals surface area contributed by atoms with E-state index in [0.29, 0.717) is 22.7 Å².